The maximum atomic E-state index is 14.8. The lowest BCUT2D eigenvalue weighted by Gasteiger charge is -2.48. The van der Waals surface area contributed by atoms with Gasteiger partial charge in [0.1, 0.15) is 5.69 Å². The number of rotatable bonds is 7. The number of pyridine rings is 1. The molecule has 10 nitrogen and oxygen atoms in total. The first-order valence-corrected chi connectivity index (χ1v) is 14.6. The number of carbonyl (C=O) groups excluding carboxylic acids is 2. The third-order valence-corrected chi connectivity index (χ3v) is 8.89. The summed E-state index contributed by atoms with van der Waals surface area (Å²) in [5.41, 5.74) is 0.467. The van der Waals surface area contributed by atoms with Gasteiger partial charge in [0.2, 0.25) is 11.8 Å². The minimum atomic E-state index is -3.08. The highest BCUT2D eigenvalue weighted by Gasteiger charge is 2.43. The van der Waals surface area contributed by atoms with E-state index in [4.69, 9.17) is 0 Å². The molecule has 1 N–H and O–H groups in total. The van der Waals surface area contributed by atoms with Crippen LogP contribution in [0.3, 0.4) is 0 Å². The van der Waals surface area contributed by atoms with Crippen LogP contribution in [0.15, 0.2) is 12.3 Å². The molecule has 0 aromatic carbocycles. The first kappa shape index (κ1) is 31.1. The van der Waals surface area contributed by atoms with E-state index in [-0.39, 0.29) is 55.1 Å². The number of halogens is 2. The van der Waals surface area contributed by atoms with Crippen molar-refractivity contribution >= 4 is 23.6 Å². The van der Waals surface area contributed by atoms with E-state index >= 15 is 0 Å². The van der Waals surface area contributed by atoms with Gasteiger partial charge in [0, 0.05) is 94.5 Å². The fraction of sp³-hybridized carbons (Fsp3) is 0.724. The minimum absolute atomic E-state index is 0.0342. The van der Waals surface area contributed by atoms with Crippen molar-refractivity contribution in [1.29, 1.82) is 0 Å². The summed E-state index contributed by atoms with van der Waals surface area (Å²) in [6, 6.07) is 0.907. The molecule has 4 heterocycles. The molecule has 2 saturated heterocycles. The van der Waals surface area contributed by atoms with Crippen LogP contribution in [0.1, 0.15) is 65.6 Å². The number of piperazine rings is 2. The van der Waals surface area contributed by atoms with Crippen LogP contribution in [0.4, 0.5) is 19.3 Å². The van der Waals surface area contributed by atoms with Gasteiger partial charge < -0.3 is 19.8 Å². The predicted molar refractivity (Wildman–Crippen MR) is 151 cm³/mol. The van der Waals surface area contributed by atoms with Gasteiger partial charge in [-0.15, -0.1) is 0 Å². The van der Waals surface area contributed by atoms with Crippen LogP contribution < -0.4 is 4.90 Å². The zero-order valence-electron chi connectivity index (χ0n) is 25.1. The summed E-state index contributed by atoms with van der Waals surface area (Å²) in [5.74, 6) is -3.25. The third kappa shape index (κ3) is 6.48. The van der Waals surface area contributed by atoms with Gasteiger partial charge in [0.05, 0.1) is 12.2 Å². The number of carbonyl (C=O) groups is 3. The van der Waals surface area contributed by atoms with Crippen molar-refractivity contribution in [1.82, 2.24) is 24.6 Å². The molecule has 4 rings (SSSR count). The van der Waals surface area contributed by atoms with Crippen LogP contribution in [0.2, 0.25) is 0 Å². The van der Waals surface area contributed by atoms with Crippen molar-refractivity contribution in [3.8, 4) is 0 Å². The molecule has 0 radical (unpaired) electrons. The van der Waals surface area contributed by atoms with Gasteiger partial charge in [-0.2, -0.15) is 8.78 Å². The van der Waals surface area contributed by atoms with Crippen molar-refractivity contribution < 1.29 is 28.3 Å². The fourth-order valence-electron chi connectivity index (χ4n) is 6.44. The molecule has 0 aliphatic carbocycles. The van der Waals surface area contributed by atoms with Gasteiger partial charge in [-0.25, -0.2) is 4.79 Å². The number of amides is 3. The van der Waals surface area contributed by atoms with E-state index in [0.29, 0.717) is 51.4 Å². The number of fused-ring (bicyclic) bond motifs is 1. The monoisotopic (exact) mass is 578 g/mol. The van der Waals surface area contributed by atoms with Gasteiger partial charge >= 0.3 is 6.09 Å². The maximum Gasteiger partial charge on any atom is 0.407 e. The second-order valence-corrected chi connectivity index (χ2v) is 12.6. The van der Waals surface area contributed by atoms with Crippen LogP contribution in [-0.4, -0.2) is 118 Å². The molecule has 3 aliphatic heterocycles. The summed E-state index contributed by atoms with van der Waals surface area (Å²) in [6.07, 6.45) is 0.485. The second-order valence-electron chi connectivity index (χ2n) is 12.6. The summed E-state index contributed by atoms with van der Waals surface area (Å²) < 4.78 is 29.6. The molecule has 3 amide bonds. The van der Waals surface area contributed by atoms with Crippen LogP contribution in [0.25, 0.3) is 0 Å². The summed E-state index contributed by atoms with van der Waals surface area (Å²) >= 11 is 0. The van der Waals surface area contributed by atoms with E-state index in [2.05, 4.69) is 9.88 Å². The van der Waals surface area contributed by atoms with Gasteiger partial charge in [-0.3, -0.25) is 24.4 Å². The molecular formula is C29H44F2N6O4. The number of hydrogen-bond acceptors (Lipinski definition) is 6. The SMILES string of the molecule is CCCC(F)(F)c1cc2c(cn1)C(C)(C)CN2C(=O)CN1C[C@@H](C)N(C(=O)O)C[C@@H]1CN1CCN(C(C)=O)C[C@H]1C. The van der Waals surface area contributed by atoms with E-state index < -0.39 is 17.4 Å². The van der Waals surface area contributed by atoms with Gasteiger partial charge in [-0.1, -0.05) is 27.2 Å². The molecule has 3 aliphatic rings. The zero-order valence-corrected chi connectivity index (χ0v) is 25.1. The Balaban J connectivity index is 1.56. The summed E-state index contributed by atoms with van der Waals surface area (Å²) in [4.78, 5) is 51.0. The Bertz CT molecular complexity index is 1160. The molecule has 2 fully saturated rings. The number of alkyl halides is 2. The Morgan fingerprint density at radius 3 is 2.41 bits per heavy atom. The van der Waals surface area contributed by atoms with Gasteiger partial charge in [0.15, 0.2) is 0 Å². The lowest BCUT2D eigenvalue weighted by molar-refractivity contribution is -0.132. The van der Waals surface area contributed by atoms with Crippen molar-refractivity contribution in [3.63, 3.8) is 0 Å². The average Bonchev–Trinajstić information content (AvgIpc) is 3.16. The van der Waals surface area contributed by atoms with Crippen LogP contribution >= 0.6 is 0 Å². The topological polar surface area (TPSA) is 101 Å². The van der Waals surface area contributed by atoms with E-state index in [9.17, 15) is 28.3 Å². The van der Waals surface area contributed by atoms with Crippen molar-refractivity contribution in [3.05, 3.63) is 23.5 Å². The molecule has 0 bridgehead atoms. The highest BCUT2D eigenvalue weighted by Crippen LogP contribution is 2.43. The Morgan fingerprint density at radius 2 is 1.80 bits per heavy atom. The van der Waals surface area contributed by atoms with Crippen LogP contribution in [-0.2, 0) is 20.9 Å². The van der Waals surface area contributed by atoms with E-state index in [1.807, 2.05) is 37.5 Å². The van der Waals surface area contributed by atoms with Gasteiger partial charge in [0.25, 0.3) is 5.92 Å². The standard InChI is InChI=1S/C29H44F2N6O4/c1-7-8-29(30,31)25-11-24-23(12-32-25)28(5,6)18-37(24)26(39)17-35-14-20(3)36(27(40)41)16-22(35)15-33-9-10-34(21(4)38)13-19(33)2/h11-12,19-20,22H,7-10,13-18H2,1-6H3,(H,40,41)/t19-,20-,22+/m1/s1. The lowest BCUT2D eigenvalue weighted by atomic mass is 9.88. The summed E-state index contributed by atoms with van der Waals surface area (Å²) in [7, 11) is 0. The van der Waals surface area contributed by atoms with E-state index in [0.717, 1.165) is 5.56 Å². The maximum absolute atomic E-state index is 14.8. The number of carboxylic acid groups (broad SMARTS) is 1. The Morgan fingerprint density at radius 1 is 1.10 bits per heavy atom. The zero-order chi connectivity index (χ0) is 30.3. The Kier molecular flexibility index (Phi) is 8.94. The van der Waals surface area contributed by atoms with Crippen molar-refractivity contribution in [2.24, 2.45) is 0 Å². The molecule has 3 atom stereocenters. The van der Waals surface area contributed by atoms with Crippen LogP contribution in [0, 0.1) is 0 Å². The number of nitrogens with zero attached hydrogens (tertiary/aromatic N) is 6. The largest absolute Gasteiger partial charge is 0.465 e. The first-order valence-electron chi connectivity index (χ1n) is 14.6. The van der Waals surface area contributed by atoms with E-state index in [1.165, 1.54) is 17.2 Å². The lowest BCUT2D eigenvalue weighted by Crippen LogP contribution is -2.64. The quantitative estimate of drug-likeness (QED) is 0.531. The summed E-state index contributed by atoms with van der Waals surface area (Å²) in [6.45, 7) is 14.5. The molecule has 0 spiro atoms. The first-order chi connectivity index (χ1) is 19.1. The Labute approximate surface area is 241 Å². The van der Waals surface area contributed by atoms with Crippen LogP contribution in [0.5, 0.6) is 0 Å². The minimum Gasteiger partial charge on any atom is -0.465 e. The van der Waals surface area contributed by atoms with Crippen molar-refractivity contribution in [2.45, 2.75) is 83.8 Å². The normalized spacial score (nSPS) is 25.4. The molecule has 41 heavy (non-hydrogen) atoms. The van der Waals surface area contributed by atoms with Crippen molar-refractivity contribution in [2.75, 3.05) is 57.3 Å². The highest BCUT2D eigenvalue weighted by molar-refractivity contribution is 5.97. The molecule has 228 valence electrons. The molecular weight excluding hydrogens is 534 g/mol. The predicted octanol–water partition coefficient (Wildman–Crippen LogP) is 3.20. The van der Waals surface area contributed by atoms with E-state index in [1.54, 1.807) is 18.7 Å². The highest BCUT2D eigenvalue weighted by atomic mass is 19.3. The number of anilines is 1. The third-order valence-electron chi connectivity index (χ3n) is 8.89. The van der Waals surface area contributed by atoms with Gasteiger partial charge in [-0.05, 0) is 19.9 Å². The average molecular weight is 579 g/mol. The molecule has 0 unspecified atom stereocenters. The fourth-order valence-corrected chi connectivity index (χ4v) is 6.44. The molecule has 1 aromatic heterocycles. The molecule has 0 saturated carbocycles. The summed E-state index contributed by atoms with van der Waals surface area (Å²) in [5, 5.41) is 9.82. The number of aromatic nitrogens is 1. The Hall–Kier alpha value is -2.86. The smallest absolute Gasteiger partial charge is 0.407 e. The molecule has 12 heteroatoms. The second kappa shape index (κ2) is 11.8. The molecule has 1 aromatic rings. The number of hydrogen-bond donors (Lipinski definition) is 1.